The Hall–Kier alpha value is -1.55. The van der Waals surface area contributed by atoms with Crippen LogP contribution in [0.25, 0.3) is 0 Å². The highest BCUT2D eigenvalue weighted by molar-refractivity contribution is 5.71. The van der Waals surface area contributed by atoms with Gasteiger partial charge in [0.2, 0.25) is 0 Å². The molecule has 102 valence electrons. The number of carboxylic acid groups (broad SMARTS) is 1. The van der Waals surface area contributed by atoms with Gasteiger partial charge in [0, 0.05) is 12.6 Å². The maximum absolute atomic E-state index is 11.1. The minimum atomic E-state index is -0.694. The lowest BCUT2D eigenvalue weighted by Crippen LogP contribution is -2.17. The summed E-state index contributed by atoms with van der Waals surface area (Å²) in [5.41, 5.74) is 3.97. The van der Waals surface area contributed by atoms with Crippen LogP contribution in [0.4, 0.5) is 0 Å². The third-order valence-electron chi connectivity index (χ3n) is 4.35. The molecule has 1 saturated heterocycles. The van der Waals surface area contributed by atoms with Crippen molar-refractivity contribution < 1.29 is 14.6 Å². The van der Waals surface area contributed by atoms with Crippen molar-refractivity contribution in [1.29, 1.82) is 0 Å². The molecule has 1 fully saturated rings. The Morgan fingerprint density at radius 3 is 2.84 bits per heavy atom. The molecule has 1 aromatic rings. The van der Waals surface area contributed by atoms with Crippen molar-refractivity contribution in [3.63, 3.8) is 0 Å². The van der Waals surface area contributed by atoms with Gasteiger partial charge < -0.3 is 15.2 Å². The van der Waals surface area contributed by atoms with Gasteiger partial charge in [-0.25, -0.2) is 0 Å². The third kappa shape index (κ3) is 2.10. The first-order valence-corrected chi connectivity index (χ1v) is 6.85. The van der Waals surface area contributed by atoms with Crippen LogP contribution in [-0.2, 0) is 17.6 Å². The average Bonchev–Trinajstić information content (AvgIpc) is 3.06. The lowest BCUT2D eigenvalue weighted by molar-refractivity contribution is -0.141. The highest BCUT2D eigenvalue weighted by Gasteiger charge is 2.32. The Balaban J connectivity index is 1.91. The second kappa shape index (κ2) is 4.85. The van der Waals surface area contributed by atoms with E-state index in [1.54, 1.807) is 7.11 Å². The summed E-state index contributed by atoms with van der Waals surface area (Å²) in [6.45, 7) is 0.570. The minimum Gasteiger partial charge on any atom is -0.496 e. The molecule has 1 heterocycles. The zero-order valence-electron chi connectivity index (χ0n) is 11.1. The molecular weight excluding hydrogens is 242 g/mol. The van der Waals surface area contributed by atoms with Gasteiger partial charge in [-0.15, -0.1) is 0 Å². The Bertz CT molecular complexity index is 512. The summed E-state index contributed by atoms with van der Waals surface area (Å²) in [6, 6.07) is 4.30. The zero-order valence-corrected chi connectivity index (χ0v) is 11.1. The van der Waals surface area contributed by atoms with E-state index in [1.165, 1.54) is 16.7 Å². The Morgan fingerprint density at radius 2 is 2.16 bits per heavy atom. The van der Waals surface area contributed by atoms with Gasteiger partial charge >= 0.3 is 5.97 Å². The van der Waals surface area contributed by atoms with Crippen LogP contribution >= 0.6 is 0 Å². The van der Waals surface area contributed by atoms with E-state index in [0.29, 0.717) is 13.0 Å². The molecule has 0 radical (unpaired) electrons. The SMILES string of the molecule is COc1ccc(C2CC(C(=O)O)CN2)c2c1CCC2. The lowest BCUT2D eigenvalue weighted by atomic mass is 9.93. The van der Waals surface area contributed by atoms with E-state index in [0.717, 1.165) is 25.0 Å². The molecule has 2 atom stereocenters. The molecule has 2 aliphatic rings. The van der Waals surface area contributed by atoms with Crippen molar-refractivity contribution in [2.45, 2.75) is 31.7 Å². The van der Waals surface area contributed by atoms with Gasteiger partial charge in [0.25, 0.3) is 0 Å². The number of nitrogens with one attached hydrogen (secondary N) is 1. The van der Waals surface area contributed by atoms with Gasteiger partial charge in [0.05, 0.1) is 13.0 Å². The number of hydrogen-bond donors (Lipinski definition) is 2. The fraction of sp³-hybridized carbons (Fsp3) is 0.533. The second-order valence-electron chi connectivity index (χ2n) is 5.40. The molecule has 2 N–H and O–H groups in total. The van der Waals surface area contributed by atoms with Crippen molar-refractivity contribution in [3.8, 4) is 5.75 Å². The largest absolute Gasteiger partial charge is 0.496 e. The van der Waals surface area contributed by atoms with E-state index in [4.69, 9.17) is 9.84 Å². The van der Waals surface area contributed by atoms with Crippen LogP contribution in [0.2, 0.25) is 0 Å². The summed E-state index contributed by atoms with van der Waals surface area (Å²) < 4.78 is 5.42. The molecule has 1 aliphatic carbocycles. The Labute approximate surface area is 112 Å². The van der Waals surface area contributed by atoms with Crippen LogP contribution in [0.1, 0.15) is 35.6 Å². The van der Waals surface area contributed by atoms with E-state index >= 15 is 0 Å². The summed E-state index contributed by atoms with van der Waals surface area (Å²) in [5, 5.41) is 12.4. The van der Waals surface area contributed by atoms with E-state index in [9.17, 15) is 4.79 Å². The topological polar surface area (TPSA) is 58.6 Å². The normalized spacial score (nSPS) is 25.3. The monoisotopic (exact) mass is 261 g/mol. The molecule has 1 aliphatic heterocycles. The Morgan fingerprint density at radius 1 is 1.37 bits per heavy atom. The van der Waals surface area contributed by atoms with Gasteiger partial charge in [0.15, 0.2) is 0 Å². The standard InChI is InChI=1S/C15H19NO3/c1-19-14-6-5-11(10-3-2-4-12(10)14)13-7-9(8-16-13)15(17)18/h5-6,9,13,16H,2-4,7-8H2,1H3,(H,17,18). The molecule has 19 heavy (non-hydrogen) atoms. The maximum atomic E-state index is 11.1. The van der Waals surface area contributed by atoms with E-state index in [2.05, 4.69) is 11.4 Å². The maximum Gasteiger partial charge on any atom is 0.307 e. The summed E-state index contributed by atoms with van der Waals surface area (Å²) in [7, 11) is 1.71. The van der Waals surface area contributed by atoms with Crippen LogP contribution in [0.15, 0.2) is 12.1 Å². The molecule has 0 aromatic heterocycles. The van der Waals surface area contributed by atoms with Crippen LogP contribution in [0.5, 0.6) is 5.75 Å². The molecule has 1 aromatic carbocycles. The van der Waals surface area contributed by atoms with Crippen molar-refractivity contribution in [3.05, 3.63) is 28.8 Å². The molecule has 2 unspecified atom stereocenters. The summed E-state index contributed by atoms with van der Waals surface area (Å²) in [5.74, 6) is 0.0216. The predicted molar refractivity (Wildman–Crippen MR) is 71.5 cm³/mol. The molecule has 0 bridgehead atoms. The van der Waals surface area contributed by atoms with E-state index in [1.807, 2.05) is 6.07 Å². The molecule has 4 heteroatoms. The number of hydrogen-bond acceptors (Lipinski definition) is 3. The Kier molecular flexibility index (Phi) is 3.19. The lowest BCUT2D eigenvalue weighted by Gasteiger charge is -2.17. The number of rotatable bonds is 3. The van der Waals surface area contributed by atoms with Crippen LogP contribution in [0.3, 0.4) is 0 Å². The highest BCUT2D eigenvalue weighted by Crippen LogP contribution is 2.38. The smallest absolute Gasteiger partial charge is 0.307 e. The van der Waals surface area contributed by atoms with Gasteiger partial charge in [0.1, 0.15) is 5.75 Å². The second-order valence-corrected chi connectivity index (χ2v) is 5.40. The number of fused-ring (bicyclic) bond motifs is 1. The number of methoxy groups -OCH3 is 1. The molecule has 0 amide bonds. The highest BCUT2D eigenvalue weighted by atomic mass is 16.5. The number of carbonyl (C=O) groups is 1. The van der Waals surface area contributed by atoms with Crippen LogP contribution < -0.4 is 10.1 Å². The summed E-state index contributed by atoms with van der Waals surface area (Å²) in [6.07, 6.45) is 4.01. The van der Waals surface area contributed by atoms with Gasteiger partial charge in [-0.1, -0.05) is 6.07 Å². The molecule has 0 spiro atoms. The van der Waals surface area contributed by atoms with E-state index < -0.39 is 5.97 Å². The first-order chi connectivity index (χ1) is 9.20. The number of ether oxygens (including phenoxy) is 1. The first kappa shape index (κ1) is 12.5. The van der Waals surface area contributed by atoms with Gasteiger partial charge in [-0.05, 0) is 48.4 Å². The number of aliphatic carboxylic acids is 1. The van der Waals surface area contributed by atoms with Crippen molar-refractivity contribution >= 4 is 5.97 Å². The van der Waals surface area contributed by atoms with Crippen LogP contribution in [-0.4, -0.2) is 24.7 Å². The van der Waals surface area contributed by atoms with Crippen molar-refractivity contribution in [2.75, 3.05) is 13.7 Å². The van der Waals surface area contributed by atoms with Crippen LogP contribution in [0, 0.1) is 5.92 Å². The number of carboxylic acids is 1. The third-order valence-corrected chi connectivity index (χ3v) is 4.35. The molecule has 3 rings (SSSR count). The fourth-order valence-corrected chi connectivity index (χ4v) is 3.38. The van der Waals surface area contributed by atoms with Gasteiger partial charge in [-0.2, -0.15) is 0 Å². The molecule has 4 nitrogen and oxygen atoms in total. The average molecular weight is 261 g/mol. The quantitative estimate of drug-likeness (QED) is 0.872. The number of benzene rings is 1. The fourth-order valence-electron chi connectivity index (χ4n) is 3.38. The molecule has 0 saturated carbocycles. The van der Waals surface area contributed by atoms with Crippen molar-refractivity contribution in [1.82, 2.24) is 5.32 Å². The first-order valence-electron chi connectivity index (χ1n) is 6.85. The zero-order chi connectivity index (χ0) is 13.4. The van der Waals surface area contributed by atoms with E-state index in [-0.39, 0.29) is 12.0 Å². The molecular formula is C15H19NO3. The van der Waals surface area contributed by atoms with Crippen molar-refractivity contribution in [2.24, 2.45) is 5.92 Å². The van der Waals surface area contributed by atoms with Gasteiger partial charge in [-0.3, -0.25) is 4.79 Å². The predicted octanol–water partition coefficient (Wildman–Crippen LogP) is 1.92. The minimum absolute atomic E-state index is 0.179. The summed E-state index contributed by atoms with van der Waals surface area (Å²) in [4.78, 5) is 11.1. The summed E-state index contributed by atoms with van der Waals surface area (Å²) >= 11 is 0.